The Morgan fingerprint density at radius 2 is 1.86 bits per heavy atom. The first-order chi connectivity index (χ1) is 13.1. The van der Waals surface area contributed by atoms with Gasteiger partial charge in [-0.3, -0.25) is 9.69 Å². The third-order valence-electron chi connectivity index (χ3n) is 5.81. The van der Waals surface area contributed by atoms with Crippen LogP contribution in [0.4, 0.5) is 0 Å². The highest BCUT2D eigenvalue weighted by Crippen LogP contribution is 2.48. The number of benzene rings is 1. The average molecular weight is 538 g/mol. The zero-order valence-corrected chi connectivity index (χ0v) is 20.5. The van der Waals surface area contributed by atoms with Crippen LogP contribution >= 0.6 is 32.9 Å². The summed E-state index contributed by atoms with van der Waals surface area (Å²) in [5, 5.41) is 10.7. The van der Waals surface area contributed by atoms with Gasteiger partial charge in [0.25, 0.3) is 0 Å². The van der Waals surface area contributed by atoms with Crippen molar-refractivity contribution in [2.45, 2.75) is 68.9 Å². The lowest BCUT2D eigenvalue weighted by Gasteiger charge is -2.38. The second-order valence-electron chi connectivity index (χ2n) is 7.58. The third-order valence-corrected chi connectivity index (χ3v) is 6.37. The van der Waals surface area contributed by atoms with Gasteiger partial charge in [0, 0.05) is 30.3 Å². The van der Waals surface area contributed by atoms with Crippen molar-refractivity contribution >= 4 is 38.9 Å². The molecular formula is C21H34Br2N2O4. The van der Waals surface area contributed by atoms with Crippen LogP contribution in [0.3, 0.4) is 0 Å². The molecule has 6 nitrogen and oxygen atoms in total. The molecule has 5 unspecified atom stereocenters. The molecule has 4 rings (SSSR count). The van der Waals surface area contributed by atoms with E-state index in [9.17, 15) is 9.90 Å². The van der Waals surface area contributed by atoms with Crippen LogP contribution in [0.25, 0.3) is 0 Å². The first-order valence-electron chi connectivity index (χ1n) is 9.90. The van der Waals surface area contributed by atoms with E-state index in [1.807, 2.05) is 30.3 Å². The third kappa shape index (κ3) is 6.24. The molecule has 5 atom stereocenters. The summed E-state index contributed by atoms with van der Waals surface area (Å²) in [5.74, 6) is -0.915. The number of rotatable bonds is 6. The maximum atomic E-state index is 12.4. The fourth-order valence-corrected chi connectivity index (χ4v) is 4.74. The fourth-order valence-electron chi connectivity index (χ4n) is 4.18. The molecule has 0 spiro atoms. The molecule has 0 amide bonds. The lowest BCUT2D eigenvalue weighted by molar-refractivity contribution is -0.156. The van der Waals surface area contributed by atoms with Gasteiger partial charge < -0.3 is 20.7 Å². The second-order valence-corrected chi connectivity index (χ2v) is 8.38. The summed E-state index contributed by atoms with van der Waals surface area (Å²) in [6, 6.07) is 10.1. The Labute approximate surface area is 192 Å². The first-order valence-corrected chi connectivity index (χ1v) is 11.0. The molecule has 0 radical (unpaired) electrons. The minimum absolute atomic E-state index is 0. The topological polar surface area (TPSA) is 97.3 Å². The van der Waals surface area contributed by atoms with Gasteiger partial charge in [-0.2, -0.15) is 0 Å². The number of epoxide rings is 1. The molecule has 0 aromatic heterocycles. The Morgan fingerprint density at radius 3 is 2.31 bits per heavy atom. The van der Waals surface area contributed by atoms with Gasteiger partial charge >= 0.3 is 5.97 Å². The van der Waals surface area contributed by atoms with E-state index in [-0.39, 0.29) is 41.8 Å². The smallest absolute Gasteiger partial charge is 0.316 e. The number of hydrogen-bond acceptors (Lipinski definition) is 6. The molecule has 2 bridgehead atoms. The van der Waals surface area contributed by atoms with Crippen LogP contribution < -0.4 is 6.15 Å². The molecule has 8 heteroatoms. The zero-order chi connectivity index (χ0) is 19.4. The summed E-state index contributed by atoms with van der Waals surface area (Å²) in [5.41, 5.74) is 0.803. The lowest BCUT2D eigenvalue weighted by atomic mass is 9.97. The van der Waals surface area contributed by atoms with Crippen molar-refractivity contribution in [3.8, 4) is 0 Å². The molecule has 3 heterocycles. The number of ether oxygens (including phenoxy) is 2. The number of morpholine rings is 1. The van der Waals surface area contributed by atoms with Crippen molar-refractivity contribution in [1.29, 1.82) is 0 Å². The Bertz CT molecular complexity index is 602. The highest BCUT2D eigenvalue weighted by atomic mass is 79.9. The molecule has 1 aromatic rings. The van der Waals surface area contributed by atoms with Crippen molar-refractivity contribution in [1.82, 2.24) is 11.1 Å². The van der Waals surface area contributed by atoms with Gasteiger partial charge in [0.15, 0.2) is 0 Å². The second kappa shape index (κ2) is 12.4. The minimum atomic E-state index is -0.593. The number of aliphatic hydroxyl groups excluding tert-OH is 1. The van der Waals surface area contributed by atoms with Crippen LogP contribution in [0.15, 0.2) is 30.3 Å². The number of esters is 1. The number of carbonyl (C=O) groups is 1. The van der Waals surface area contributed by atoms with Gasteiger partial charge in [-0.05, 0) is 19.0 Å². The lowest BCUT2D eigenvalue weighted by Crippen LogP contribution is -2.48. The number of nitrogens with zero attached hydrogens (tertiary/aromatic N) is 1. The van der Waals surface area contributed by atoms with Crippen molar-refractivity contribution in [3.05, 3.63) is 35.9 Å². The number of halogens is 2. The number of hydrogen-bond donors (Lipinski definition) is 2. The molecular weight excluding hydrogens is 504 g/mol. The van der Waals surface area contributed by atoms with Gasteiger partial charge in [-0.15, -0.1) is 17.0 Å². The molecule has 29 heavy (non-hydrogen) atoms. The summed E-state index contributed by atoms with van der Waals surface area (Å²) >= 11 is 3.31. The van der Waals surface area contributed by atoms with E-state index in [0.717, 1.165) is 23.7 Å². The van der Waals surface area contributed by atoms with E-state index in [2.05, 4.69) is 34.8 Å². The number of aliphatic hydroxyl groups is 1. The summed E-state index contributed by atoms with van der Waals surface area (Å²) in [6.07, 6.45) is 4.86. The molecule has 3 saturated heterocycles. The number of piperidine rings is 1. The van der Waals surface area contributed by atoms with Gasteiger partial charge in [0.1, 0.15) is 24.2 Å². The zero-order valence-electron chi connectivity index (χ0n) is 17.2. The molecule has 1 aromatic carbocycles. The molecule has 3 aliphatic rings. The van der Waals surface area contributed by atoms with E-state index in [1.165, 1.54) is 12.8 Å². The standard InChI is InChI=1S/C17H21NO4.C4H9Br.BrH.H3N/c1-18-13-7-11(8-14(18)16-15(13)22-16)21-17(20)12(9-19)10-5-3-2-4-6-10;1-2-3-4-5;;/h2-6,11-16,19H,7-9H2,1H3;2-4H2,1H3;1H;1H3. The molecule has 4 N–H and O–H groups in total. The molecule has 3 fully saturated rings. The van der Waals surface area contributed by atoms with E-state index >= 15 is 0 Å². The van der Waals surface area contributed by atoms with E-state index in [1.54, 1.807) is 0 Å². The van der Waals surface area contributed by atoms with Crippen LogP contribution in [0.1, 0.15) is 44.1 Å². The molecule has 3 aliphatic heterocycles. The summed E-state index contributed by atoms with van der Waals surface area (Å²) in [6.45, 7) is 1.96. The van der Waals surface area contributed by atoms with E-state index in [4.69, 9.17) is 9.47 Å². The number of carbonyl (C=O) groups excluding carboxylic acids is 1. The maximum absolute atomic E-state index is 12.4. The quantitative estimate of drug-likeness (QED) is 0.325. The van der Waals surface area contributed by atoms with Gasteiger partial charge in [0.05, 0.1) is 6.61 Å². The summed E-state index contributed by atoms with van der Waals surface area (Å²) in [7, 11) is 2.13. The molecule has 166 valence electrons. The van der Waals surface area contributed by atoms with Crippen molar-refractivity contribution in [2.75, 3.05) is 19.0 Å². The van der Waals surface area contributed by atoms with Gasteiger partial charge in [-0.1, -0.05) is 59.6 Å². The SMILES string of the molecule is Br.CCCCBr.CN1C2CC(OC(=O)C(CO)c3ccccc3)CC1C1OC12.N. The normalized spacial score (nSPS) is 29.9. The van der Waals surface area contributed by atoms with Crippen LogP contribution in [0, 0.1) is 0 Å². The Kier molecular flexibility index (Phi) is 11.3. The van der Waals surface area contributed by atoms with Gasteiger partial charge in [-0.25, -0.2) is 0 Å². The number of unbranched alkanes of at least 4 members (excludes halogenated alkanes) is 1. The Balaban J connectivity index is 0.000000542. The highest BCUT2D eigenvalue weighted by Gasteiger charge is 2.62. The predicted molar refractivity (Wildman–Crippen MR) is 123 cm³/mol. The van der Waals surface area contributed by atoms with E-state index in [0.29, 0.717) is 24.3 Å². The van der Waals surface area contributed by atoms with Crippen LogP contribution in [0.5, 0.6) is 0 Å². The summed E-state index contributed by atoms with van der Waals surface area (Å²) < 4.78 is 11.4. The van der Waals surface area contributed by atoms with Crippen LogP contribution in [-0.4, -0.2) is 65.4 Å². The van der Waals surface area contributed by atoms with Crippen LogP contribution in [-0.2, 0) is 14.3 Å². The van der Waals surface area contributed by atoms with Crippen molar-refractivity contribution < 1.29 is 19.4 Å². The minimum Gasteiger partial charge on any atom is -0.462 e. The molecule has 0 saturated carbocycles. The number of alkyl halides is 1. The highest BCUT2D eigenvalue weighted by molar-refractivity contribution is 9.09. The Morgan fingerprint density at radius 1 is 1.28 bits per heavy atom. The largest absolute Gasteiger partial charge is 0.462 e. The Hall–Kier alpha value is -0.510. The van der Waals surface area contributed by atoms with Crippen molar-refractivity contribution in [3.63, 3.8) is 0 Å². The maximum Gasteiger partial charge on any atom is 0.316 e. The van der Waals surface area contributed by atoms with Gasteiger partial charge in [0.2, 0.25) is 0 Å². The first kappa shape index (κ1) is 26.5. The molecule has 0 aliphatic carbocycles. The number of likely N-dealkylation sites (N-methyl/N-ethyl adjacent to an activating group) is 1. The predicted octanol–water partition coefficient (Wildman–Crippen LogP) is 3.84. The monoisotopic (exact) mass is 536 g/mol. The van der Waals surface area contributed by atoms with Crippen molar-refractivity contribution in [2.24, 2.45) is 0 Å². The average Bonchev–Trinajstić information content (AvgIpc) is 3.43. The fraction of sp³-hybridized carbons (Fsp3) is 0.667. The number of fused-ring (bicyclic) bond motifs is 5. The van der Waals surface area contributed by atoms with E-state index < -0.39 is 5.92 Å². The summed E-state index contributed by atoms with van der Waals surface area (Å²) in [4.78, 5) is 14.8. The van der Waals surface area contributed by atoms with Crippen LogP contribution in [0.2, 0.25) is 0 Å².